The van der Waals surface area contributed by atoms with Crippen molar-refractivity contribution in [2.45, 2.75) is 48.9 Å². The summed E-state index contributed by atoms with van der Waals surface area (Å²) >= 11 is 3.45. The first kappa shape index (κ1) is 14.6. The van der Waals surface area contributed by atoms with Crippen molar-refractivity contribution in [3.05, 3.63) is 71.7 Å². The molecule has 1 atom stereocenters. The first-order valence-corrected chi connectivity index (χ1v) is 11.0. The third-order valence-corrected chi connectivity index (χ3v) is 6.34. The van der Waals surface area contributed by atoms with Gasteiger partial charge in [-0.3, -0.25) is 4.79 Å². The van der Waals surface area contributed by atoms with E-state index in [9.17, 15) is 4.79 Å². The van der Waals surface area contributed by atoms with Crippen LogP contribution in [0.25, 0.3) is 0 Å². The van der Waals surface area contributed by atoms with Gasteiger partial charge in [0.05, 0.1) is 6.85 Å². The predicted molar refractivity (Wildman–Crippen MR) is 115 cm³/mol. The van der Waals surface area contributed by atoms with Gasteiger partial charge in [0.25, 0.3) is 0 Å². The molecule has 0 bridgehead atoms. The number of rotatable bonds is 13. The maximum atomic E-state index is 10.8. The third kappa shape index (κ3) is 9.35. The third-order valence-electron chi connectivity index (χ3n) is 3.88. The number of hydrogen-bond donors (Lipinski definition) is 1. The second-order valence-corrected chi connectivity index (χ2v) is 8.40. The molecule has 4 heteroatoms. The van der Waals surface area contributed by atoms with Crippen molar-refractivity contribution in [1.29, 1.82) is 0 Å². The van der Waals surface area contributed by atoms with E-state index >= 15 is 0 Å². The van der Waals surface area contributed by atoms with Crippen molar-refractivity contribution in [3.63, 3.8) is 0 Å². The number of carboxylic acid groups (broad SMARTS) is 1. The quantitative estimate of drug-likeness (QED) is 0.408. The maximum Gasteiger partial charge on any atom is 0.303 e. The lowest BCUT2D eigenvalue weighted by Crippen LogP contribution is -2.06. The standard InChI is InChI=1S/C22H28O2S2/c23-22(24)14-8-7-13-21(26-18-20-11-5-2-6-12-20)15-16-25-17-19-9-3-1-4-10-19/h1-6,9-12,21H,7-8,13-18H2,(H,23,24)/i2D,5D,6D,11D,12D. The summed E-state index contributed by atoms with van der Waals surface area (Å²) in [6, 6.07) is 9.01. The molecule has 1 unspecified atom stereocenters. The number of thioether (sulfide) groups is 2. The Morgan fingerprint density at radius 1 is 1.00 bits per heavy atom. The van der Waals surface area contributed by atoms with Crippen molar-refractivity contribution in [3.8, 4) is 0 Å². The molecule has 140 valence electrons. The van der Waals surface area contributed by atoms with E-state index in [0.29, 0.717) is 17.7 Å². The van der Waals surface area contributed by atoms with Crippen LogP contribution < -0.4 is 0 Å². The van der Waals surface area contributed by atoms with Crippen molar-refractivity contribution < 1.29 is 16.8 Å². The first-order chi connectivity index (χ1) is 14.8. The van der Waals surface area contributed by atoms with Gasteiger partial charge >= 0.3 is 5.97 Å². The highest BCUT2D eigenvalue weighted by Crippen LogP contribution is 2.27. The molecule has 26 heavy (non-hydrogen) atoms. The van der Waals surface area contributed by atoms with E-state index in [1.165, 1.54) is 5.56 Å². The fourth-order valence-electron chi connectivity index (χ4n) is 2.49. The molecule has 1 N–H and O–H groups in total. The molecular formula is C22H28O2S2. The fraction of sp³-hybridized carbons (Fsp3) is 0.409. The van der Waals surface area contributed by atoms with E-state index in [1.54, 1.807) is 11.8 Å². The molecule has 0 saturated heterocycles. The van der Waals surface area contributed by atoms with Gasteiger partial charge in [-0.1, -0.05) is 67.0 Å². The summed E-state index contributed by atoms with van der Waals surface area (Å²) in [6.07, 6.45) is 3.35. The van der Waals surface area contributed by atoms with Crippen LogP contribution in [-0.4, -0.2) is 22.1 Å². The Morgan fingerprint density at radius 3 is 2.50 bits per heavy atom. The molecular weight excluding hydrogens is 360 g/mol. The van der Waals surface area contributed by atoms with Gasteiger partial charge in [-0.05, 0) is 36.1 Å². The molecule has 0 saturated carbocycles. The van der Waals surface area contributed by atoms with Crippen molar-refractivity contribution in [2.75, 3.05) is 5.75 Å². The Balaban J connectivity index is 1.95. The number of benzene rings is 2. The highest BCUT2D eigenvalue weighted by atomic mass is 32.2. The second kappa shape index (κ2) is 12.9. The van der Waals surface area contributed by atoms with E-state index in [4.69, 9.17) is 12.0 Å². The zero-order chi connectivity index (χ0) is 22.8. The molecule has 2 rings (SSSR count). The molecule has 0 spiro atoms. The Kier molecular flexibility index (Phi) is 7.25. The van der Waals surface area contributed by atoms with Crippen LogP contribution in [0.5, 0.6) is 0 Å². The van der Waals surface area contributed by atoms with Crippen LogP contribution >= 0.6 is 23.5 Å². The Labute approximate surface area is 172 Å². The largest absolute Gasteiger partial charge is 0.481 e. The Morgan fingerprint density at radius 2 is 1.77 bits per heavy atom. The normalized spacial score (nSPS) is 14.7. The van der Waals surface area contributed by atoms with E-state index < -0.39 is 5.97 Å². The van der Waals surface area contributed by atoms with Gasteiger partial charge in [-0.2, -0.15) is 23.5 Å². The molecule has 0 aliphatic heterocycles. The van der Waals surface area contributed by atoms with E-state index in [1.807, 2.05) is 30.0 Å². The van der Waals surface area contributed by atoms with Crippen LogP contribution in [-0.2, 0) is 16.3 Å². The molecule has 2 aromatic rings. The van der Waals surface area contributed by atoms with Gasteiger partial charge in [0.15, 0.2) is 0 Å². The van der Waals surface area contributed by atoms with Gasteiger partial charge < -0.3 is 5.11 Å². The van der Waals surface area contributed by atoms with Gasteiger partial charge in [0.1, 0.15) is 0 Å². The average Bonchev–Trinajstić information content (AvgIpc) is 2.76. The number of unbranched alkanes of at least 4 members (excludes halogenated alkanes) is 1. The monoisotopic (exact) mass is 393 g/mol. The molecule has 2 aromatic carbocycles. The van der Waals surface area contributed by atoms with Crippen LogP contribution in [0.4, 0.5) is 0 Å². The van der Waals surface area contributed by atoms with Crippen LogP contribution in [0.3, 0.4) is 0 Å². The summed E-state index contributed by atoms with van der Waals surface area (Å²) in [5.41, 5.74) is 1.61. The van der Waals surface area contributed by atoms with E-state index in [-0.39, 0.29) is 41.9 Å². The van der Waals surface area contributed by atoms with E-state index in [0.717, 1.165) is 30.8 Å². The van der Waals surface area contributed by atoms with Gasteiger partial charge in [0, 0.05) is 23.2 Å². The summed E-state index contributed by atoms with van der Waals surface area (Å²) in [4.78, 5) is 10.8. The summed E-state index contributed by atoms with van der Waals surface area (Å²) in [6.45, 7) is 0. The van der Waals surface area contributed by atoms with Crippen LogP contribution in [0, 0.1) is 0 Å². The smallest absolute Gasteiger partial charge is 0.303 e. The molecule has 0 aliphatic carbocycles. The minimum Gasteiger partial charge on any atom is -0.481 e. The second-order valence-electron chi connectivity index (χ2n) is 6.00. The molecule has 0 aromatic heterocycles. The van der Waals surface area contributed by atoms with Crippen molar-refractivity contribution >= 4 is 29.5 Å². The highest BCUT2D eigenvalue weighted by Gasteiger charge is 2.10. The average molecular weight is 394 g/mol. The van der Waals surface area contributed by atoms with Crippen LogP contribution in [0.1, 0.15) is 50.1 Å². The van der Waals surface area contributed by atoms with Gasteiger partial charge in [0.2, 0.25) is 0 Å². The first-order valence-electron chi connectivity index (χ1n) is 11.3. The highest BCUT2D eigenvalue weighted by molar-refractivity contribution is 7.99. The lowest BCUT2D eigenvalue weighted by atomic mass is 10.1. The lowest BCUT2D eigenvalue weighted by molar-refractivity contribution is -0.137. The summed E-state index contributed by atoms with van der Waals surface area (Å²) in [5, 5.41) is 9.09. The van der Waals surface area contributed by atoms with E-state index in [2.05, 4.69) is 12.1 Å². The zero-order valence-corrected chi connectivity index (χ0v) is 16.4. The number of carbonyl (C=O) groups is 1. The molecule has 0 radical (unpaired) electrons. The Hall–Kier alpha value is -1.39. The predicted octanol–water partition coefficient (Wildman–Crippen LogP) is 6.26. The number of aliphatic carboxylic acids is 1. The molecule has 0 fully saturated rings. The Bertz CT molecular complexity index is 836. The maximum absolute atomic E-state index is 10.8. The molecule has 2 nitrogen and oxygen atoms in total. The molecule has 0 aliphatic rings. The number of hydrogen-bond acceptors (Lipinski definition) is 3. The van der Waals surface area contributed by atoms with Crippen LogP contribution in [0.2, 0.25) is 0 Å². The summed E-state index contributed by atoms with van der Waals surface area (Å²) < 4.78 is 39.6. The molecule has 0 heterocycles. The van der Waals surface area contributed by atoms with Crippen LogP contribution in [0.15, 0.2) is 60.5 Å². The van der Waals surface area contributed by atoms with Gasteiger partial charge in [-0.25, -0.2) is 0 Å². The van der Waals surface area contributed by atoms with Crippen molar-refractivity contribution in [2.24, 2.45) is 0 Å². The lowest BCUT2D eigenvalue weighted by Gasteiger charge is -2.16. The summed E-state index contributed by atoms with van der Waals surface area (Å²) in [5.74, 6) is 1.44. The number of carboxylic acids is 1. The topological polar surface area (TPSA) is 37.3 Å². The fourth-order valence-corrected chi connectivity index (χ4v) is 4.82. The van der Waals surface area contributed by atoms with Crippen molar-refractivity contribution in [1.82, 2.24) is 0 Å². The van der Waals surface area contributed by atoms with Gasteiger partial charge in [-0.15, -0.1) is 0 Å². The zero-order valence-electron chi connectivity index (χ0n) is 19.8. The minimum absolute atomic E-state index is 0.137. The minimum atomic E-state index is -0.790. The SMILES string of the molecule is [2H]c1c([2H])c([2H])c(CSC(CCCCC(=O)O)CCSCc2ccccc2)c([2H])c1[2H]. The molecule has 0 amide bonds. The summed E-state index contributed by atoms with van der Waals surface area (Å²) in [7, 11) is 0.